The highest BCUT2D eigenvalue weighted by molar-refractivity contribution is 5.97. The lowest BCUT2D eigenvalue weighted by Gasteiger charge is -2.16. The van der Waals surface area contributed by atoms with E-state index >= 15 is 0 Å². The van der Waals surface area contributed by atoms with Gasteiger partial charge in [-0.05, 0) is 50.8 Å². The van der Waals surface area contributed by atoms with Crippen LogP contribution in [0.15, 0.2) is 24.3 Å². The van der Waals surface area contributed by atoms with Crippen molar-refractivity contribution in [2.75, 3.05) is 11.9 Å². The van der Waals surface area contributed by atoms with Crippen LogP contribution >= 0.6 is 12.4 Å². The fourth-order valence-electron chi connectivity index (χ4n) is 2.29. The van der Waals surface area contributed by atoms with Crippen molar-refractivity contribution in [2.45, 2.75) is 38.8 Å². The van der Waals surface area contributed by atoms with Crippen LogP contribution in [-0.2, 0) is 0 Å². The van der Waals surface area contributed by atoms with Crippen molar-refractivity contribution in [2.24, 2.45) is 11.7 Å². The summed E-state index contributed by atoms with van der Waals surface area (Å²) in [6.45, 7) is 4.22. The van der Waals surface area contributed by atoms with Crippen LogP contribution in [0.1, 0.15) is 37.0 Å². The second kappa shape index (κ2) is 8.74. The summed E-state index contributed by atoms with van der Waals surface area (Å²) in [4.78, 5) is 24.0. The Hall–Kier alpha value is -1.79. The molecule has 128 valence electrons. The third-order valence-electron chi connectivity index (χ3n) is 3.56. The highest BCUT2D eigenvalue weighted by Gasteiger charge is 2.31. The molecule has 0 saturated heterocycles. The van der Waals surface area contributed by atoms with Crippen LogP contribution in [0.5, 0.6) is 0 Å². The molecule has 0 aliphatic heterocycles. The number of carbonyl (C=O) groups excluding carboxylic acids is 2. The number of rotatable bonds is 6. The summed E-state index contributed by atoms with van der Waals surface area (Å²) in [5.74, 6) is 0.349. The van der Waals surface area contributed by atoms with Gasteiger partial charge < -0.3 is 21.7 Å². The highest BCUT2D eigenvalue weighted by atomic mass is 35.5. The molecule has 3 amide bonds. The molecule has 1 fully saturated rings. The molecule has 0 spiro atoms. The average Bonchev–Trinajstić information content (AvgIpc) is 3.28. The van der Waals surface area contributed by atoms with E-state index in [0.717, 1.165) is 12.8 Å². The van der Waals surface area contributed by atoms with Crippen LogP contribution < -0.4 is 21.7 Å². The van der Waals surface area contributed by atoms with Crippen LogP contribution in [0, 0.1) is 5.92 Å². The molecule has 1 atom stereocenters. The molecule has 0 bridgehead atoms. The fourth-order valence-corrected chi connectivity index (χ4v) is 2.29. The first-order valence-corrected chi connectivity index (χ1v) is 7.68. The maximum absolute atomic E-state index is 12.3. The van der Waals surface area contributed by atoms with E-state index < -0.39 is 0 Å². The van der Waals surface area contributed by atoms with Crippen LogP contribution in [0.25, 0.3) is 0 Å². The molecule has 1 unspecified atom stereocenters. The third-order valence-corrected chi connectivity index (χ3v) is 3.56. The van der Waals surface area contributed by atoms with Crippen molar-refractivity contribution in [3.63, 3.8) is 0 Å². The van der Waals surface area contributed by atoms with Gasteiger partial charge in [0.15, 0.2) is 0 Å². The monoisotopic (exact) mass is 340 g/mol. The van der Waals surface area contributed by atoms with E-state index in [0.29, 0.717) is 23.7 Å². The molecule has 2 rings (SSSR count). The van der Waals surface area contributed by atoms with Gasteiger partial charge in [-0.25, -0.2) is 4.79 Å². The summed E-state index contributed by atoms with van der Waals surface area (Å²) in [7, 11) is 0. The van der Waals surface area contributed by atoms with E-state index in [1.165, 1.54) is 0 Å². The molecule has 23 heavy (non-hydrogen) atoms. The third kappa shape index (κ3) is 6.08. The van der Waals surface area contributed by atoms with Gasteiger partial charge in [0.25, 0.3) is 5.91 Å². The van der Waals surface area contributed by atoms with Crippen molar-refractivity contribution in [1.82, 2.24) is 10.6 Å². The number of nitrogens with two attached hydrogens (primary N) is 1. The first-order valence-electron chi connectivity index (χ1n) is 7.68. The first kappa shape index (κ1) is 19.3. The lowest BCUT2D eigenvalue weighted by Crippen LogP contribution is -2.41. The number of hydrogen-bond donors (Lipinski definition) is 4. The maximum atomic E-state index is 12.3. The van der Waals surface area contributed by atoms with Crippen LogP contribution in [0.2, 0.25) is 0 Å². The standard InChI is InChI=1S/C16H24N4O2.ClH/c1-10(2)18-16(22)19-13-5-3-4-12(8-13)15(21)20-14(9-17)11-6-7-11;/h3-5,8,10-11,14H,6-7,9,17H2,1-2H3,(H,20,21)(H2,18,19,22);1H. The molecule has 0 aromatic heterocycles. The number of carbonyl (C=O) groups is 2. The Kier molecular flexibility index (Phi) is 7.32. The van der Waals surface area contributed by atoms with Gasteiger partial charge in [-0.2, -0.15) is 0 Å². The zero-order chi connectivity index (χ0) is 16.1. The van der Waals surface area contributed by atoms with E-state index in [2.05, 4.69) is 16.0 Å². The van der Waals surface area contributed by atoms with E-state index in [1.54, 1.807) is 24.3 Å². The van der Waals surface area contributed by atoms with Gasteiger partial charge in [-0.15, -0.1) is 12.4 Å². The Morgan fingerprint density at radius 1 is 1.26 bits per heavy atom. The summed E-state index contributed by atoms with van der Waals surface area (Å²) >= 11 is 0. The molecule has 1 aromatic rings. The molecular formula is C16H25ClN4O2. The molecule has 0 heterocycles. The second-order valence-electron chi connectivity index (χ2n) is 5.99. The molecule has 1 aromatic carbocycles. The SMILES string of the molecule is CC(C)NC(=O)Nc1cccc(C(=O)NC(CN)C2CC2)c1.Cl. The summed E-state index contributed by atoms with van der Waals surface area (Å²) in [5.41, 5.74) is 6.80. The molecule has 0 radical (unpaired) electrons. The van der Waals surface area contributed by atoms with E-state index in [1.807, 2.05) is 13.8 Å². The second-order valence-corrected chi connectivity index (χ2v) is 5.99. The molecule has 7 heteroatoms. The number of urea groups is 1. The largest absolute Gasteiger partial charge is 0.348 e. The molecular weight excluding hydrogens is 316 g/mol. The zero-order valence-corrected chi connectivity index (χ0v) is 14.3. The lowest BCUT2D eigenvalue weighted by atomic mass is 10.1. The Labute approximate surface area is 143 Å². The Morgan fingerprint density at radius 2 is 1.96 bits per heavy atom. The van der Waals surface area contributed by atoms with Crippen molar-refractivity contribution < 1.29 is 9.59 Å². The molecule has 5 N–H and O–H groups in total. The Bertz CT molecular complexity index is 547. The number of anilines is 1. The zero-order valence-electron chi connectivity index (χ0n) is 13.5. The first-order chi connectivity index (χ1) is 10.5. The molecule has 1 aliphatic carbocycles. The molecule has 1 aliphatic rings. The Morgan fingerprint density at radius 3 is 2.52 bits per heavy atom. The van der Waals surface area contributed by atoms with Gasteiger partial charge in [-0.3, -0.25) is 4.79 Å². The predicted octanol–water partition coefficient (Wildman–Crippen LogP) is 2.11. The number of hydrogen-bond acceptors (Lipinski definition) is 3. The van der Waals surface area contributed by atoms with E-state index in [4.69, 9.17) is 5.73 Å². The van der Waals surface area contributed by atoms with Crippen molar-refractivity contribution in [3.8, 4) is 0 Å². The van der Waals surface area contributed by atoms with Crippen LogP contribution in [0.3, 0.4) is 0 Å². The predicted molar refractivity (Wildman–Crippen MR) is 94.0 cm³/mol. The van der Waals surface area contributed by atoms with E-state index in [9.17, 15) is 9.59 Å². The van der Waals surface area contributed by atoms with Gasteiger partial charge in [0.1, 0.15) is 0 Å². The quantitative estimate of drug-likeness (QED) is 0.638. The smallest absolute Gasteiger partial charge is 0.319 e. The molecule has 6 nitrogen and oxygen atoms in total. The maximum Gasteiger partial charge on any atom is 0.319 e. The summed E-state index contributed by atoms with van der Waals surface area (Å²) < 4.78 is 0. The lowest BCUT2D eigenvalue weighted by molar-refractivity contribution is 0.0933. The van der Waals surface area contributed by atoms with Gasteiger partial charge in [0.2, 0.25) is 0 Å². The Balaban J connectivity index is 0.00000264. The number of nitrogens with one attached hydrogen (secondary N) is 3. The molecule has 1 saturated carbocycles. The number of benzene rings is 1. The normalized spacial score (nSPS) is 14.6. The van der Waals surface area contributed by atoms with Gasteiger partial charge >= 0.3 is 6.03 Å². The van der Waals surface area contributed by atoms with Crippen LogP contribution in [-0.4, -0.2) is 30.6 Å². The average molecular weight is 341 g/mol. The summed E-state index contributed by atoms with van der Waals surface area (Å²) in [6.07, 6.45) is 2.25. The highest BCUT2D eigenvalue weighted by Crippen LogP contribution is 2.32. The van der Waals surface area contributed by atoms with Gasteiger partial charge in [0.05, 0.1) is 0 Å². The summed E-state index contributed by atoms with van der Waals surface area (Å²) in [6, 6.07) is 6.68. The topological polar surface area (TPSA) is 96.2 Å². The summed E-state index contributed by atoms with van der Waals surface area (Å²) in [5, 5.41) is 8.42. The van der Waals surface area contributed by atoms with Gasteiger partial charge in [-0.1, -0.05) is 6.07 Å². The van der Waals surface area contributed by atoms with Gasteiger partial charge in [0, 0.05) is 29.9 Å². The van der Waals surface area contributed by atoms with Crippen molar-refractivity contribution in [1.29, 1.82) is 0 Å². The van der Waals surface area contributed by atoms with Crippen molar-refractivity contribution in [3.05, 3.63) is 29.8 Å². The van der Waals surface area contributed by atoms with E-state index in [-0.39, 0.29) is 36.4 Å². The minimum atomic E-state index is -0.287. The fraction of sp³-hybridized carbons (Fsp3) is 0.500. The van der Waals surface area contributed by atoms with Crippen LogP contribution in [0.4, 0.5) is 10.5 Å². The van der Waals surface area contributed by atoms with Crippen molar-refractivity contribution >= 4 is 30.0 Å². The minimum absolute atomic E-state index is 0. The number of amides is 3. The minimum Gasteiger partial charge on any atom is -0.348 e. The number of halogens is 1.